The molecule has 0 spiro atoms. The third-order valence-corrected chi connectivity index (χ3v) is 2.49. The second-order valence-electron chi connectivity index (χ2n) is 3.68. The molecule has 0 bridgehead atoms. The minimum Gasteiger partial charge on any atom is -0.379 e. The summed E-state index contributed by atoms with van der Waals surface area (Å²) in [6.07, 6.45) is -0.465. The highest BCUT2D eigenvalue weighted by molar-refractivity contribution is 5.11. The summed E-state index contributed by atoms with van der Waals surface area (Å²) in [5.74, 6) is 0. The Balaban J connectivity index is 2.63. The van der Waals surface area contributed by atoms with Crippen LogP contribution in [-0.4, -0.2) is 17.4 Å². The van der Waals surface area contributed by atoms with Crippen LogP contribution in [0, 0.1) is 0 Å². The quantitative estimate of drug-likeness (QED) is 0.656. The number of allylic oxidation sites excluding steroid dienone is 1. The van der Waals surface area contributed by atoms with Crippen LogP contribution in [-0.2, 0) is 0 Å². The van der Waals surface area contributed by atoms with Gasteiger partial charge in [0.15, 0.2) is 6.10 Å². The van der Waals surface area contributed by atoms with Crippen LogP contribution in [0.25, 0.3) is 0 Å². The van der Waals surface area contributed by atoms with E-state index >= 15 is 0 Å². The predicted octanol–water partition coefficient (Wildman–Crippen LogP) is 3.19. The van der Waals surface area contributed by atoms with Gasteiger partial charge in [0, 0.05) is 0 Å². The van der Waals surface area contributed by atoms with Crippen LogP contribution in [0.15, 0.2) is 11.6 Å². The number of halogens is 3. The highest BCUT2D eigenvalue weighted by atomic mass is 19.4. The van der Waals surface area contributed by atoms with Crippen molar-refractivity contribution in [2.75, 3.05) is 0 Å². The van der Waals surface area contributed by atoms with E-state index in [4.69, 9.17) is 5.11 Å². The maximum atomic E-state index is 12.2. The highest BCUT2D eigenvalue weighted by Crippen LogP contribution is 2.29. The van der Waals surface area contributed by atoms with Gasteiger partial charge in [-0.15, -0.1) is 0 Å². The maximum absolute atomic E-state index is 12.2. The molecule has 0 radical (unpaired) electrons. The normalized spacial score (nSPS) is 22.1. The topological polar surface area (TPSA) is 20.2 Å². The Kier molecular flexibility index (Phi) is 3.98. The molecule has 0 amide bonds. The number of aliphatic hydroxyl groups excluding tert-OH is 1. The monoisotopic (exact) mass is 208 g/mol. The minimum atomic E-state index is -4.51. The van der Waals surface area contributed by atoms with E-state index in [1.807, 2.05) is 0 Å². The second-order valence-corrected chi connectivity index (χ2v) is 3.68. The van der Waals surface area contributed by atoms with Crippen molar-refractivity contribution in [1.82, 2.24) is 0 Å². The summed E-state index contributed by atoms with van der Waals surface area (Å²) < 4.78 is 36.5. The van der Waals surface area contributed by atoms with E-state index in [-0.39, 0.29) is 5.57 Å². The summed E-state index contributed by atoms with van der Waals surface area (Å²) in [6, 6.07) is 0. The van der Waals surface area contributed by atoms with Crippen molar-refractivity contribution in [1.29, 1.82) is 0 Å². The van der Waals surface area contributed by atoms with Crippen molar-refractivity contribution in [2.45, 2.75) is 50.8 Å². The summed E-state index contributed by atoms with van der Waals surface area (Å²) in [5, 5.41) is 9.03. The number of aliphatic hydroxyl groups is 1. The molecular formula is C10H15F3O. The molecule has 0 aromatic heterocycles. The molecule has 0 aromatic rings. The standard InChI is InChI=1S/C10H15F3O/c11-10(12,13)9(14)8-6-4-2-1-3-5-7-8/h6,9,14H,1-5,7H2. The van der Waals surface area contributed by atoms with E-state index in [1.165, 1.54) is 0 Å². The molecular weight excluding hydrogens is 193 g/mol. The minimum absolute atomic E-state index is 0.150. The first-order valence-electron chi connectivity index (χ1n) is 4.95. The first-order valence-corrected chi connectivity index (χ1v) is 4.95. The molecule has 0 saturated heterocycles. The molecule has 1 nitrogen and oxygen atoms in total. The Labute approximate surface area is 81.6 Å². The van der Waals surface area contributed by atoms with Crippen molar-refractivity contribution in [3.05, 3.63) is 11.6 Å². The van der Waals surface area contributed by atoms with Gasteiger partial charge in [0.05, 0.1) is 0 Å². The van der Waals surface area contributed by atoms with E-state index in [9.17, 15) is 13.2 Å². The molecule has 1 aliphatic carbocycles. The van der Waals surface area contributed by atoms with Gasteiger partial charge in [0.1, 0.15) is 0 Å². The smallest absolute Gasteiger partial charge is 0.379 e. The molecule has 1 atom stereocenters. The van der Waals surface area contributed by atoms with Gasteiger partial charge < -0.3 is 5.11 Å². The fraction of sp³-hybridized carbons (Fsp3) is 0.800. The number of alkyl halides is 3. The molecule has 1 N–H and O–H groups in total. The third-order valence-electron chi connectivity index (χ3n) is 2.49. The van der Waals surface area contributed by atoms with Gasteiger partial charge in [-0.25, -0.2) is 0 Å². The highest BCUT2D eigenvalue weighted by Gasteiger charge is 2.40. The molecule has 0 aromatic carbocycles. The largest absolute Gasteiger partial charge is 0.418 e. The molecule has 1 unspecified atom stereocenters. The molecule has 4 heteroatoms. The predicted molar refractivity (Wildman–Crippen MR) is 47.8 cm³/mol. The van der Waals surface area contributed by atoms with Crippen molar-refractivity contribution in [3.8, 4) is 0 Å². The number of rotatable bonds is 1. The fourth-order valence-corrected chi connectivity index (χ4v) is 1.68. The lowest BCUT2D eigenvalue weighted by Gasteiger charge is -2.19. The zero-order chi connectivity index (χ0) is 10.6. The lowest BCUT2D eigenvalue weighted by molar-refractivity contribution is -0.192. The summed E-state index contributed by atoms with van der Waals surface area (Å²) in [5.41, 5.74) is 0.150. The summed E-state index contributed by atoms with van der Waals surface area (Å²) >= 11 is 0. The summed E-state index contributed by atoms with van der Waals surface area (Å²) in [6.45, 7) is 0. The van der Waals surface area contributed by atoms with Crippen LogP contribution in [0.3, 0.4) is 0 Å². The molecule has 0 saturated carbocycles. The van der Waals surface area contributed by atoms with Crippen LogP contribution < -0.4 is 0 Å². The second kappa shape index (κ2) is 4.82. The molecule has 0 aliphatic heterocycles. The number of hydrogen-bond acceptors (Lipinski definition) is 1. The van der Waals surface area contributed by atoms with E-state index in [2.05, 4.69) is 0 Å². The lowest BCUT2D eigenvalue weighted by atomic mass is 9.96. The van der Waals surface area contributed by atoms with Crippen LogP contribution in [0.5, 0.6) is 0 Å². The van der Waals surface area contributed by atoms with E-state index in [0.29, 0.717) is 12.8 Å². The Bertz CT molecular complexity index is 208. The van der Waals surface area contributed by atoms with E-state index in [0.717, 1.165) is 25.7 Å². The molecule has 14 heavy (non-hydrogen) atoms. The van der Waals surface area contributed by atoms with Crippen LogP contribution >= 0.6 is 0 Å². The molecule has 1 rings (SSSR count). The van der Waals surface area contributed by atoms with Crippen LogP contribution in [0.1, 0.15) is 38.5 Å². The van der Waals surface area contributed by atoms with Gasteiger partial charge in [0.25, 0.3) is 0 Å². The fourth-order valence-electron chi connectivity index (χ4n) is 1.68. The Morgan fingerprint density at radius 1 is 1.14 bits per heavy atom. The van der Waals surface area contributed by atoms with Gasteiger partial charge in [-0.05, 0) is 31.3 Å². The zero-order valence-electron chi connectivity index (χ0n) is 7.98. The first-order chi connectivity index (χ1) is 6.52. The van der Waals surface area contributed by atoms with Crippen LogP contribution in [0.4, 0.5) is 13.2 Å². The van der Waals surface area contributed by atoms with Crippen LogP contribution in [0.2, 0.25) is 0 Å². The first kappa shape index (κ1) is 11.6. The molecule has 0 fully saturated rings. The van der Waals surface area contributed by atoms with Crippen molar-refractivity contribution in [3.63, 3.8) is 0 Å². The molecule has 0 heterocycles. The van der Waals surface area contributed by atoms with Crippen molar-refractivity contribution < 1.29 is 18.3 Å². The third kappa shape index (κ3) is 3.33. The molecule has 1 aliphatic rings. The maximum Gasteiger partial charge on any atom is 0.418 e. The summed E-state index contributed by atoms with van der Waals surface area (Å²) in [4.78, 5) is 0. The van der Waals surface area contributed by atoms with Gasteiger partial charge in [-0.3, -0.25) is 0 Å². The molecule has 82 valence electrons. The van der Waals surface area contributed by atoms with Crippen molar-refractivity contribution >= 4 is 0 Å². The Hall–Kier alpha value is -0.510. The lowest BCUT2D eigenvalue weighted by Crippen LogP contribution is -2.30. The average Bonchev–Trinajstić information content (AvgIpc) is 2.00. The van der Waals surface area contributed by atoms with Gasteiger partial charge in [0.2, 0.25) is 0 Å². The van der Waals surface area contributed by atoms with Gasteiger partial charge >= 0.3 is 6.18 Å². The van der Waals surface area contributed by atoms with Gasteiger partial charge in [-0.2, -0.15) is 13.2 Å². The SMILES string of the molecule is OC(C1=CCCCCCC1)C(F)(F)F. The average molecular weight is 208 g/mol. The van der Waals surface area contributed by atoms with E-state index < -0.39 is 12.3 Å². The van der Waals surface area contributed by atoms with E-state index in [1.54, 1.807) is 6.08 Å². The zero-order valence-corrected chi connectivity index (χ0v) is 7.98. The summed E-state index contributed by atoms with van der Waals surface area (Å²) in [7, 11) is 0. The van der Waals surface area contributed by atoms with Crippen molar-refractivity contribution in [2.24, 2.45) is 0 Å². The number of hydrogen-bond donors (Lipinski definition) is 1. The Morgan fingerprint density at radius 3 is 2.43 bits per heavy atom. The Morgan fingerprint density at radius 2 is 1.79 bits per heavy atom. The van der Waals surface area contributed by atoms with Gasteiger partial charge in [-0.1, -0.05) is 18.9 Å².